The van der Waals surface area contributed by atoms with E-state index in [0.29, 0.717) is 40.4 Å². The number of hydrogen-bond donors (Lipinski definition) is 4. The van der Waals surface area contributed by atoms with Gasteiger partial charge in [0.05, 0.1) is 14.2 Å². The summed E-state index contributed by atoms with van der Waals surface area (Å²) in [5, 5.41) is 19.8. The largest absolute Gasteiger partial charge is 0.508 e. The Hall–Kier alpha value is -5.50. The molecule has 8 heteroatoms. The summed E-state index contributed by atoms with van der Waals surface area (Å²) in [6.45, 7) is 4.00. The van der Waals surface area contributed by atoms with Crippen molar-refractivity contribution in [3.05, 3.63) is 118 Å². The predicted molar refractivity (Wildman–Crippen MR) is 181 cm³/mol. The van der Waals surface area contributed by atoms with E-state index in [-0.39, 0.29) is 23.1 Å². The highest BCUT2D eigenvalue weighted by Gasteiger charge is 2.10. The molecular weight excluding hydrogens is 568 g/mol. The fraction of sp³-hybridized carbons (Fsp3) is 0.189. The van der Waals surface area contributed by atoms with Gasteiger partial charge in [-0.2, -0.15) is 0 Å². The van der Waals surface area contributed by atoms with Gasteiger partial charge in [0.1, 0.15) is 23.0 Å². The highest BCUT2D eigenvalue weighted by molar-refractivity contribution is 6.07. The van der Waals surface area contributed by atoms with Gasteiger partial charge >= 0.3 is 0 Å². The minimum atomic E-state index is -0.117. The zero-order valence-electron chi connectivity index (χ0n) is 26.0. The van der Waals surface area contributed by atoms with Crippen molar-refractivity contribution in [2.75, 3.05) is 25.7 Å². The second-order valence-corrected chi connectivity index (χ2v) is 10.2. The number of ketones is 2. The van der Waals surface area contributed by atoms with Crippen LogP contribution in [0.1, 0.15) is 63.2 Å². The van der Waals surface area contributed by atoms with E-state index in [9.17, 15) is 19.8 Å². The third-order valence-corrected chi connectivity index (χ3v) is 6.98. The monoisotopic (exact) mass is 608 g/mol. The van der Waals surface area contributed by atoms with Gasteiger partial charge in [-0.1, -0.05) is 20.3 Å². The van der Waals surface area contributed by atoms with Crippen molar-refractivity contribution in [1.82, 2.24) is 0 Å². The molecule has 6 N–H and O–H groups in total. The average molecular weight is 609 g/mol. The Morgan fingerprint density at radius 1 is 0.667 bits per heavy atom. The molecule has 0 aliphatic rings. The molecule has 4 aromatic rings. The van der Waals surface area contributed by atoms with Crippen molar-refractivity contribution in [3.63, 3.8) is 0 Å². The summed E-state index contributed by atoms with van der Waals surface area (Å²) in [5.74, 6) is 1.23. The molecule has 0 fully saturated rings. The third kappa shape index (κ3) is 9.49. The lowest BCUT2D eigenvalue weighted by atomic mass is 10.0. The number of nitrogens with two attached hydrogens (primary N) is 2. The number of phenolic OH excluding ortho intramolecular Hbond substituents is 2. The Morgan fingerprint density at radius 3 is 1.44 bits per heavy atom. The second-order valence-electron chi connectivity index (χ2n) is 10.2. The maximum absolute atomic E-state index is 12.2. The van der Waals surface area contributed by atoms with Crippen molar-refractivity contribution in [3.8, 4) is 23.0 Å². The molecule has 0 bridgehead atoms. The maximum atomic E-state index is 12.2. The van der Waals surface area contributed by atoms with Crippen molar-refractivity contribution >= 4 is 35.1 Å². The molecule has 0 radical (unpaired) electrons. The van der Waals surface area contributed by atoms with Crippen LogP contribution in [0.4, 0.5) is 11.4 Å². The molecule has 8 nitrogen and oxygen atoms in total. The zero-order chi connectivity index (χ0) is 32.9. The van der Waals surface area contributed by atoms with E-state index >= 15 is 0 Å². The van der Waals surface area contributed by atoms with Crippen LogP contribution in [0.2, 0.25) is 0 Å². The third-order valence-electron chi connectivity index (χ3n) is 6.98. The Balaban J connectivity index is 0.000000246. The molecule has 0 amide bonds. The first-order valence-electron chi connectivity index (χ1n) is 14.6. The van der Waals surface area contributed by atoms with Gasteiger partial charge in [0, 0.05) is 45.8 Å². The minimum absolute atomic E-state index is 0.114. The Bertz CT molecular complexity index is 1670. The van der Waals surface area contributed by atoms with Gasteiger partial charge < -0.3 is 31.2 Å². The van der Waals surface area contributed by atoms with Crippen LogP contribution in [0.15, 0.2) is 84.9 Å². The SMILES string of the molecule is CCCc1cc(/C=C/C(=O)c2ccc(N)cc2)c(OC)cc1O.CCc1cc(/C=C/C(=O)c2ccc(N)cc2)c(OC)cc1O. The molecule has 0 spiro atoms. The fourth-order valence-electron chi connectivity index (χ4n) is 4.45. The number of aromatic hydroxyl groups is 2. The molecule has 4 aromatic carbocycles. The van der Waals surface area contributed by atoms with Crippen LogP contribution in [-0.4, -0.2) is 36.0 Å². The lowest BCUT2D eigenvalue weighted by Gasteiger charge is -2.10. The number of allylic oxidation sites excluding steroid dienone is 2. The van der Waals surface area contributed by atoms with E-state index in [1.165, 1.54) is 26.4 Å². The number of carbonyl (C=O) groups is 2. The molecular formula is C37H40N2O6. The molecule has 45 heavy (non-hydrogen) atoms. The summed E-state index contributed by atoms with van der Waals surface area (Å²) in [7, 11) is 3.06. The molecule has 0 heterocycles. The summed E-state index contributed by atoms with van der Waals surface area (Å²) in [6.07, 6.45) is 8.76. The van der Waals surface area contributed by atoms with Crippen LogP contribution in [0, 0.1) is 0 Å². The van der Waals surface area contributed by atoms with E-state index < -0.39 is 0 Å². The van der Waals surface area contributed by atoms with Crippen molar-refractivity contribution in [1.29, 1.82) is 0 Å². The average Bonchev–Trinajstić information content (AvgIpc) is 3.04. The lowest BCUT2D eigenvalue weighted by Crippen LogP contribution is -1.96. The van der Waals surface area contributed by atoms with E-state index in [0.717, 1.165) is 35.1 Å². The summed E-state index contributed by atoms with van der Waals surface area (Å²) >= 11 is 0. The fourth-order valence-corrected chi connectivity index (χ4v) is 4.45. The number of aryl methyl sites for hydroxylation is 2. The molecule has 0 atom stereocenters. The maximum Gasteiger partial charge on any atom is 0.185 e. The van der Waals surface area contributed by atoms with Crippen LogP contribution >= 0.6 is 0 Å². The smallest absolute Gasteiger partial charge is 0.185 e. The number of anilines is 2. The van der Waals surface area contributed by atoms with Gasteiger partial charge in [0.2, 0.25) is 0 Å². The van der Waals surface area contributed by atoms with E-state index in [1.54, 1.807) is 72.8 Å². The molecule has 4 rings (SSSR count). The Labute approximate surface area is 264 Å². The quantitative estimate of drug-likeness (QED) is 0.0790. The molecule has 0 saturated heterocycles. The number of ether oxygens (including phenoxy) is 2. The zero-order valence-corrected chi connectivity index (χ0v) is 26.0. The highest BCUT2D eigenvalue weighted by Crippen LogP contribution is 2.31. The number of methoxy groups -OCH3 is 2. The van der Waals surface area contributed by atoms with E-state index in [1.807, 2.05) is 26.0 Å². The number of hydrogen-bond acceptors (Lipinski definition) is 8. The van der Waals surface area contributed by atoms with Crippen LogP contribution < -0.4 is 20.9 Å². The Morgan fingerprint density at radius 2 is 1.07 bits per heavy atom. The van der Waals surface area contributed by atoms with E-state index in [2.05, 4.69) is 0 Å². The number of phenols is 2. The lowest BCUT2D eigenvalue weighted by molar-refractivity contribution is 0.103. The summed E-state index contributed by atoms with van der Waals surface area (Å²) in [4.78, 5) is 24.3. The number of nitrogen functional groups attached to an aromatic ring is 2. The van der Waals surface area contributed by atoms with Crippen LogP contribution in [0.3, 0.4) is 0 Å². The van der Waals surface area contributed by atoms with Crippen LogP contribution in [0.25, 0.3) is 12.2 Å². The topological polar surface area (TPSA) is 145 Å². The van der Waals surface area contributed by atoms with Gasteiger partial charge in [0.25, 0.3) is 0 Å². The van der Waals surface area contributed by atoms with Crippen LogP contribution in [0.5, 0.6) is 23.0 Å². The minimum Gasteiger partial charge on any atom is -0.508 e. The first kappa shape index (κ1) is 34.0. The molecule has 0 unspecified atom stereocenters. The first-order valence-corrected chi connectivity index (χ1v) is 14.6. The number of benzene rings is 4. The van der Waals surface area contributed by atoms with Gasteiger partial charge in [-0.3, -0.25) is 9.59 Å². The molecule has 0 aliphatic carbocycles. The molecule has 0 aliphatic heterocycles. The van der Waals surface area contributed by atoms with Crippen molar-refractivity contribution < 1.29 is 29.3 Å². The summed E-state index contributed by atoms with van der Waals surface area (Å²) in [6, 6.07) is 20.4. The number of carbonyl (C=O) groups excluding carboxylic acids is 2. The standard InChI is InChI=1S/C19H21NO3.C18H19NO3/c1-3-4-14-11-15(19(23-2)12-18(14)22)7-10-17(21)13-5-8-16(20)9-6-13;1-3-12-10-14(18(22-2)11-17(12)21)6-9-16(20)13-4-7-15(19)8-5-13/h5-12,22H,3-4,20H2,1-2H3;4-11,21H,3,19H2,1-2H3/b10-7+;9-6+. The first-order chi connectivity index (χ1) is 21.6. The number of rotatable bonds is 11. The molecule has 0 saturated carbocycles. The highest BCUT2D eigenvalue weighted by atomic mass is 16.5. The summed E-state index contributed by atoms with van der Waals surface area (Å²) in [5.41, 5.74) is 16.8. The normalized spacial score (nSPS) is 10.8. The second kappa shape index (κ2) is 16.4. The van der Waals surface area contributed by atoms with Gasteiger partial charge in [-0.05, 0) is 109 Å². The summed E-state index contributed by atoms with van der Waals surface area (Å²) < 4.78 is 10.5. The van der Waals surface area contributed by atoms with Crippen molar-refractivity contribution in [2.24, 2.45) is 0 Å². The van der Waals surface area contributed by atoms with Gasteiger partial charge in [-0.15, -0.1) is 0 Å². The predicted octanol–water partition coefficient (Wildman–Crippen LogP) is 7.27. The van der Waals surface area contributed by atoms with Gasteiger partial charge in [-0.25, -0.2) is 0 Å². The van der Waals surface area contributed by atoms with E-state index in [4.69, 9.17) is 20.9 Å². The molecule has 234 valence electrons. The van der Waals surface area contributed by atoms with Crippen LogP contribution in [-0.2, 0) is 12.8 Å². The Kier molecular flexibility index (Phi) is 12.4. The molecule has 0 aromatic heterocycles. The van der Waals surface area contributed by atoms with Crippen molar-refractivity contribution in [2.45, 2.75) is 33.1 Å². The van der Waals surface area contributed by atoms with Gasteiger partial charge in [0.15, 0.2) is 11.6 Å².